The topological polar surface area (TPSA) is 49.9 Å². The summed E-state index contributed by atoms with van der Waals surface area (Å²) in [6.45, 7) is 3.62. The minimum Gasteiger partial charge on any atom is -0.344 e. The molecule has 0 saturated carbocycles. The molecular formula is C28H34N2O3S. The number of hydrogen-bond donors (Lipinski definition) is 0. The highest BCUT2D eigenvalue weighted by molar-refractivity contribution is 7.86. The van der Waals surface area contributed by atoms with Gasteiger partial charge in [0.15, 0.2) is 0 Å². The molecule has 2 unspecified atom stereocenters. The molecule has 3 aromatic carbocycles. The third-order valence-corrected chi connectivity index (χ3v) is 7.63. The molecule has 0 spiro atoms. The Balaban J connectivity index is 1.67. The number of rotatable bonds is 9. The lowest BCUT2D eigenvalue weighted by atomic mass is 9.91. The van der Waals surface area contributed by atoms with Gasteiger partial charge in [0, 0.05) is 18.8 Å². The highest BCUT2D eigenvalue weighted by Gasteiger charge is 2.33. The molecule has 1 heterocycles. The molecule has 0 aromatic heterocycles. The van der Waals surface area contributed by atoms with Gasteiger partial charge in [-0.25, -0.2) is 4.18 Å². The smallest absolute Gasteiger partial charge is 0.298 e. The summed E-state index contributed by atoms with van der Waals surface area (Å²) in [6.07, 6.45) is 1.67. The van der Waals surface area contributed by atoms with E-state index in [-0.39, 0.29) is 4.90 Å². The molecule has 180 valence electrons. The zero-order chi connectivity index (χ0) is 24.1. The lowest BCUT2D eigenvalue weighted by molar-refractivity contribution is 0.178. The fraction of sp³-hybridized carbons (Fsp3) is 0.357. The second-order valence-electron chi connectivity index (χ2n) is 9.46. The first kappa shape index (κ1) is 24.5. The largest absolute Gasteiger partial charge is 0.344 e. The second-order valence-corrected chi connectivity index (χ2v) is 11.0. The number of aryl methyl sites for hydroxylation is 2. The maximum Gasteiger partial charge on any atom is 0.298 e. The van der Waals surface area contributed by atoms with Crippen LogP contribution in [0.5, 0.6) is 0 Å². The first-order chi connectivity index (χ1) is 16.3. The van der Waals surface area contributed by atoms with Crippen LogP contribution in [0, 0.1) is 12.8 Å². The van der Waals surface area contributed by atoms with Crippen molar-refractivity contribution in [2.24, 2.45) is 5.92 Å². The summed E-state index contributed by atoms with van der Waals surface area (Å²) in [7, 11) is 0.234. The molecular weight excluding hydrogens is 444 g/mol. The third kappa shape index (κ3) is 6.06. The van der Waals surface area contributed by atoms with Crippen molar-refractivity contribution in [2.75, 3.05) is 32.1 Å². The van der Waals surface area contributed by atoms with Crippen LogP contribution in [-0.4, -0.2) is 46.7 Å². The van der Waals surface area contributed by atoms with Gasteiger partial charge in [-0.3, -0.25) is 0 Å². The molecule has 2 atom stereocenters. The van der Waals surface area contributed by atoms with E-state index in [1.807, 2.05) is 31.2 Å². The van der Waals surface area contributed by atoms with E-state index in [2.05, 4.69) is 54.2 Å². The second kappa shape index (κ2) is 10.7. The molecule has 0 N–H and O–H groups in total. The number of fused-ring (bicyclic) bond motifs is 1. The van der Waals surface area contributed by atoms with Gasteiger partial charge in [0.05, 0.1) is 4.90 Å². The Morgan fingerprint density at radius 1 is 0.971 bits per heavy atom. The van der Waals surface area contributed by atoms with Crippen LogP contribution >= 0.6 is 0 Å². The Morgan fingerprint density at radius 3 is 2.35 bits per heavy atom. The van der Waals surface area contributed by atoms with Crippen LogP contribution < -0.4 is 4.90 Å². The Bertz CT molecular complexity index is 1180. The average molecular weight is 479 g/mol. The first-order valence-corrected chi connectivity index (χ1v) is 13.3. The normalized spacial score (nSPS) is 16.9. The van der Waals surface area contributed by atoms with E-state index in [1.54, 1.807) is 24.3 Å². The van der Waals surface area contributed by atoms with Gasteiger partial charge in [0.25, 0.3) is 10.1 Å². The van der Waals surface area contributed by atoms with E-state index in [9.17, 15) is 8.42 Å². The summed E-state index contributed by atoms with van der Waals surface area (Å²) >= 11 is 0. The van der Waals surface area contributed by atoms with Crippen LogP contribution in [0.2, 0.25) is 0 Å². The maximum atomic E-state index is 13.3. The summed E-state index contributed by atoms with van der Waals surface area (Å²) in [6, 6.07) is 25.3. The summed E-state index contributed by atoms with van der Waals surface area (Å²) in [4.78, 5) is 4.55. The molecule has 34 heavy (non-hydrogen) atoms. The van der Waals surface area contributed by atoms with E-state index in [1.165, 1.54) is 11.1 Å². The highest BCUT2D eigenvalue weighted by Crippen LogP contribution is 2.34. The molecule has 0 bridgehead atoms. The molecule has 1 aliphatic rings. The lowest BCUT2D eigenvalue weighted by Crippen LogP contribution is -2.47. The average Bonchev–Trinajstić information content (AvgIpc) is 2.82. The first-order valence-electron chi connectivity index (χ1n) is 11.8. The van der Waals surface area contributed by atoms with E-state index in [0.29, 0.717) is 12.3 Å². The summed E-state index contributed by atoms with van der Waals surface area (Å²) in [5, 5.41) is 0. The van der Waals surface area contributed by atoms with Crippen LogP contribution in [0.25, 0.3) is 0 Å². The van der Waals surface area contributed by atoms with E-state index < -0.39 is 16.3 Å². The predicted octanol–water partition coefficient (Wildman–Crippen LogP) is 4.90. The maximum absolute atomic E-state index is 13.3. The van der Waals surface area contributed by atoms with Gasteiger partial charge in [-0.15, -0.1) is 0 Å². The van der Waals surface area contributed by atoms with Gasteiger partial charge in [0.1, 0.15) is 6.23 Å². The summed E-state index contributed by atoms with van der Waals surface area (Å²) < 4.78 is 32.7. The number of nitrogens with zero attached hydrogens (tertiary/aromatic N) is 2. The third-order valence-electron chi connectivity index (χ3n) is 6.31. The minimum absolute atomic E-state index is 0.193. The lowest BCUT2D eigenvalue weighted by Gasteiger charge is -2.41. The predicted molar refractivity (Wildman–Crippen MR) is 138 cm³/mol. The van der Waals surface area contributed by atoms with Crippen molar-refractivity contribution < 1.29 is 12.6 Å². The molecule has 3 aromatic rings. The molecule has 5 nitrogen and oxygen atoms in total. The zero-order valence-corrected chi connectivity index (χ0v) is 21.0. The van der Waals surface area contributed by atoms with Crippen molar-refractivity contribution >= 4 is 15.8 Å². The van der Waals surface area contributed by atoms with Gasteiger partial charge in [-0.05, 0) is 75.5 Å². The number of hydrogen-bond acceptors (Lipinski definition) is 5. The Kier molecular flexibility index (Phi) is 7.71. The number of benzene rings is 3. The Morgan fingerprint density at radius 2 is 1.65 bits per heavy atom. The molecule has 0 saturated heterocycles. The van der Waals surface area contributed by atoms with E-state index in [4.69, 9.17) is 4.18 Å². The zero-order valence-electron chi connectivity index (χ0n) is 20.2. The van der Waals surface area contributed by atoms with Crippen molar-refractivity contribution in [2.45, 2.75) is 37.3 Å². The monoisotopic (exact) mass is 478 g/mol. The Hall–Kier alpha value is -2.67. The molecule has 0 radical (unpaired) electrons. The molecule has 0 amide bonds. The quantitative estimate of drug-likeness (QED) is 0.410. The standard InChI is InChI=1S/C28H34N2O3S/c1-22-13-16-26(17-14-22)34(31,32)33-28(18-15-23-9-5-4-6-10-23)30-21-24(20-29(2)3)19-25-11-7-8-12-27(25)30/h4-14,16-17,24,28H,15,18-21H2,1-3H3. The Labute approximate surface area is 204 Å². The van der Waals surface area contributed by atoms with Crippen LogP contribution in [0.3, 0.4) is 0 Å². The van der Waals surface area contributed by atoms with Crippen LogP contribution in [0.4, 0.5) is 5.69 Å². The SMILES string of the molecule is Cc1ccc(S(=O)(=O)OC(CCc2ccccc2)N2CC(CN(C)C)Cc3ccccc32)cc1. The summed E-state index contributed by atoms with van der Waals surface area (Å²) in [5.74, 6) is 0.384. The minimum atomic E-state index is -3.93. The molecule has 6 heteroatoms. The van der Waals surface area contributed by atoms with Crippen molar-refractivity contribution in [1.29, 1.82) is 0 Å². The highest BCUT2D eigenvalue weighted by atomic mass is 32.2. The van der Waals surface area contributed by atoms with Crippen molar-refractivity contribution in [3.05, 3.63) is 95.6 Å². The fourth-order valence-corrected chi connectivity index (χ4v) is 5.80. The molecule has 0 fully saturated rings. The van der Waals surface area contributed by atoms with E-state index in [0.717, 1.165) is 37.2 Å². The van der Waals surface area contributed by atoms with Gasteiger partial charge >= 0.3 is 0 Å². The van der Waals surface area contributed by atoms with Crippen LogP contribution in [0.1, 0.15) is 23.1 Å². The van der Waals surface area contributed by atoms with Gasteiger partial charge < -0.3 is 9.80 Å². The van der Waals surface area contributed by atoms with Gasteiger partial charge in [0.2, 0.25) is 0 Å². The number of anilines is 1. The molecule has 0 aliphatic carbocycles. The number of para-hydroxylation sites is 1. The fourth-order valence-electron chi connectivity index (χ4n) is 4.72. The van der Waals surface area contributed by atoms with Crippen molar-refractivity contribution in [3.8, 4) is 0 Å². The van der Waals surface area contributed by atoms with Crippen molar-refractivity contribution in [3.63, 3.8) is 0 Å². The van der Waals surface area contributed by atoms with E-state index >= 15 is 0 Å². The van der Waals surface area contributed by atoms with Crippen LogP contribution in [-0.2, 0) is 27.1 Å². The molecule has 1 aliphatic heterocycles. The van der Waals surface area contributed by atoms with Gasteiger partial charge in [-0.2, -0.15) is 8.42 Å². The summed E-state index contributed by atoms with van der Waals surface area (Å²) in [5.41, 5.74) is 4.48. The van der Waals surface area contributed by atoms with Crippen LogP contribution in [0.15, 0.2) is 83.8 Å². The van der Waals surface area contributed by atoms with Crippen molar-refractivity contribution in [1.82, 2.24) is 4.90 Å². The van der Waals surface area contributed by atoms with Gasteiger partial charge in [-0.1, -0.05) is 66.2 Å². The molecule has 4 rings (SSSR count).